The van der Waals surface area contributed by atoms with E-state index >= 15 is 0 Å². The molecule has 2 rings (SSSR count). The molecule has 1 saturated carbocycles. The summed E-state index contributed by atoms with van der Waals surface area (Å²) in [5, 5.41) is 0. The molecule has 1 fully saturated rings. The second kappa shape index (κ2) is 5.36. The Hall–Kier alpha value is -1.29. The Bertz CT molecular complexity index is 376. The zero-order valence-electron chi connectivity index (χ0n) is 9.99. The maximum atomic E-state index is 13.1. The van der Waals surface area contributed by atoms with E-state index in [-0.39, 0.29) is 11.9 Å². The Labute approximate surface area is 101 Å². The highest BCUT2D eigenvalue weighted by Crippen LogP contribution is 2.28. The maximum absolute atomic E-state index is 13.1. The van der Waals surface area contributed by atoms with Crippen LogP contribution in [0.1, 0.15) is 25.7 Å². The molecule has 0 saturated heterocycles. The molecule has 2 N–H and O–H groups in total. The van der Waals surface area contributed by atoms with Crippen molar-refractivity contribution in [3.63, 3.8) is 0 Å². The molecule has 0 heterocycles. The van der Waals surface area contributed by atoms with Gasteiger partial charge in [-0.05, 0) is 37.8 Å². The highest BCUT2D eigenvalue weighted by Gasteiger charge is 2.22. The summed E-state index contributed by atoms with van der Waals surface area (Å²) in [6.07, 6.45) is 4.26. The van der Waals surface area contributed by atoms with Gasteiger partial charge in [0.25, 0.3) is 0 Å². The van der Waals surface area contributed by atoms with Gasteiger partial charge in [-0.2, -0.15) is 0 Å². The van der Waals surface area contributed by atoms with Crippen molar-refractivity contribution in [2.45, 2.75) is 37.9 Å². The van der Waals surface area contributed by atoms with Crippen molar-refractivity contribution in [1.82, 2.24) is 0 Å². The van der Waals surface area contributed by atoms with Gasteiger partial charge in [-0.1, -0.05) is 0 Å². The first-order chi connectivity index (χ1) is 8.19. The van der Waals surface area contributed by atoms with E-state index in [2.05, 4.69) is 0 Å². The molecule has 0 unspecified atom stereocenters. The molecule has 4 heteroatoms. The van der Waals surface area contributed by atoms with Crippen LogP contribution in [0.2, 0.25) is 0 Å². The zero-order chi connectivity index (χ0) is 12.3. The van der Waals surface area contributed by atoms with Gasteiger partial charge in [-0.3, -0.25) is 0 Å². The van der Waals surface area contributed by atoms with Crippen LogP contribution < -0.4 is 10.5 Å². The number of nitrogens with two attached hydrogens (primary N) is 1. The zero-order valence-corrected chi connectivity index (χ0v) is 9.99. The number of nitrogen functional groups attached to an aromatic ring is 1. The smallest absolute Gasteiger partial charge is 0.145 e. The summed E-state index contributed by atoms with van der Waals surface area (Å²) in [6, 6.07) is 4.22. The molecule has 17 heavy (non-hydrogen) atoms. The maximum Gasteiger partial charge on any atom is 0.145 e. The van der Waals surface area contributed by atoms with Crippen molar-refractivity contribution in [2.75, 3.05) is 12.8 Å². The minimum absolute atomic E-state index is 0.116. The SMILES string of the molecule is COC1CCC(Oc2cc(F)ccc2N)CC1. The van der Waals surface area contributed by atoms with Crippen molar-refractivity contribution >= 4 is 5.69 Å². The number of ether oxygens (including phenoxy) is 2. The van der Waals surface area contributed by atoms with E-state index in [1.54, 1.807) is 7.11 Å². The summed E-state index contributed by atoms with van der Waals surface area (Å²) in [5.74, 6) is 0.130. The fourth-order valence-electron chi connectivity index (χ4n) is 2.18. The summed E-state index contributed by atoms with van der Waals surface area (Å²) in [6.45, 7) is 0. The molecule has 3 nitrogen and oxygen atoms in total. The first-order valence-corrected chi connectivity index (χ1v) is 5.93. The lowest BCUT2D eigenvalue weighted by Gasteiger charge is -2.28. The topological polar surface area (TPSA) is 44.5 Å². The minimum atomic E-state index is -0.320. The van der Waals surface area contributed by atoms with Crippen LogP contribution in [0, 0.1) is 5.82 Å². The third-order valence-electron chi connectivity index (χ3n) is 3.22. The molecule has 0 aliphatic heterocycles. The Balaban J connectivity index is 1.95. The highest BCUT2D eigenvalue weighted by atomic mass is 19.1. The fourth-order valence-corrected chi connectivity index (χ4v) is 2.18. The van der Waals surface area contributed by atoms with Gasteiger partial charge < -0.3 is 15.2 Å². The van der Waals surface area contributed by atoms with Crippen LogP contribution in [-0.4, -0.2) is 19.3 Å². The number of hydrogen-bond donors (Lipinski definition) is 1. The summed E-state index contributed by atoms with van der Waals surface area (Å²) < 4.78 is 24.1. The van der Waals surface area contributed by atoms with E-state index in [4.69, 9.17) is 15.2 Å². The van der Waals surface area contributed by atoms with Crippen molar-refractivity contribution in [3.05, 3.63) is 24.0 Å². The van der Waals surface area contributed by atoms with Crippen LogP contribution in [0.15, 0.2) is 18.2 Å². The number of benzene rings is 1. The molecule has 94 valence electrons. The van der Waals surface area contributed by atoms with Gasteiger partial charge in [0.15, 0.2) is 0 Å². The van der Waals surface area contributed by atoms with E-state index in [0.29, 0.717) is 17.5 Å². The van der Waals surface area contributed by atoms with Gasteiger partial charge in [0, 0.05) is 13.2 Å². The van der Waals surface area contributed by atoms with Crippen LogP contribution >= 0.6 is 0 Å². The summed E-state index contributed by atoms with van der Waals surface area (Å²) in [4.78, 5) is 0. The van der Waals surface area contributed by atoms with Gasteiger partial charge in [0.1, 0.15) is 11.6 Å². The standard InChI is InChI=1S/C13H18FNO2/c1-16-10-3-5-11(6-4-10)17-13-8-9(14)2-7-12(13)15/h2,7-8,10-11H,3-6,15H2,1H3. The second-order valence-electron chi connectivity index (χ2n) is 4.43. The molecule has 0 amide bonds. The first kappa shape index (κ1) is 12.2. The van der Waals surface area contributed by atoms with E-state index in [1.807, 2.05) is 0 Å². The van der Waals surface area contributed by atoms with Crippen molar-refractivity contribution in [2.24, 2.45) is 0 Å². The minimum Gasteiger partial charge on any atom is -0.488 e. The molecule has 1 aromatic rings. The molecule has 1 aromatic carbocycles. The summed E-state index contributed by atoms with van der Waals surface area (Å²) >= 11 is 0. The average molecular weight is 239 g/mol. The molecule has 0 bridgehead atoms. The number of hydrogen-bond acceptors (Lipinski definition) is 3. The van der Waals surface area contributed by atoms with Gasteiger partial charge in [0.2, 0.25) is 0 Å². The van der Waals surface area contributed by atoms with Crippen LogP contribution in [0.4, 0.5) is 10.1 Å². The molecule has 1 aliphatic carbocycles. The van der Waals surface area contributed by atoms with Crippen LogP contribution in [0.25, 0.3) is 0 Å². The molecule has 1 aliphatic rings. The van der Waals surface area contributed by atoms with Crippen LogP contribution in [0.5, 0.6) is 5.75 Å². The van der Waals surface area contributed by atoms with E-state index in [0.717, 1.165) is 25.7 Å². The Morgan fingerprint density at radius 2 is 1.82 bits per heavy atom. The van der Waals surface area contributed by atoms with Crippen LogP contribution in [-0.2, 0) is 4.74 Å². The van der Waals surface area contributed by atoms with Crippen molar-refractivity contribution in [1.29, 1.82) is 0 Å². The van der Waals surface area contributed by atoms with Crippen LogP contribution in [0.3, 0.4) is 0 Å². The van der Waals surface area contributed by atoms with Gasteiger partial charge >= 0.3 is 0 Å². The normalized spacial score (nSPS) is 24.6. The second-order valence-corrected chi connectivity index (χ2v) is 4.43. The quantitative estimate of drug-likeness (QED) is 0.825. The third kappa shape index (κ3) is 3.09. The molecule has 0 spiro atoms. The highest BCUT2D eigenvalue weighted by molar-refractivity contribution is 5.52. The molecular weight excluding hydrogens is 221 g/mol. The Morgan fingerprint density at radius 1 is 1.18 bits per heavy atom. The van der Waals surface area contributed by atoms with E-state index in [1.165, 1.54) is 18.2 Å². The Morgan fingerprint density at radius 3 is 2.47 bits per heavy atom. The lowest BCUT2D eigenvalue weighted by molar-refractivity contribution is 0.0329. The molecule has 0 aromatic heterocycles. The Kier molecular flexibility index (Phi) is 3.84. The average Bonchev–Trinajstić information content (AvgIpc) is 2.35. The number of methoxy groups -OCH3 is 1. The van der Waals surface area contributed by atoms with Gasteiger partial charge in [-0.15, -0.1) is 0 Å². The third-order valence-corrected chi connectivity index (χ3v) is 3.22. The van der Waals surface area contributed by atoms with Gasteiger partial charge in [-0.25, -0.2) is 4.39 Å². The summed E-state index contributed by atoms with van der Waals surface area (Å²) in [5.41, 5.74) is 6.23. The lowest BCUT2D eigenvalue weighted by atomic mass is 9.95. The van der Waals surface area contributed by atoms with Crippen molar-refractivity contribution < 1.29 is 13.9 Å². The van der Waals surface area contributed by atoms with Gasteiger partial charge in [0.05, 0.1) is 17.9 Å². The number of rotatable bonds is 3. The molecule has 0 radical (unpaired) electrons. The first-order valence-electron chi connectivity index (χ1n) is 5.93. The monoisotopic (exact) mass is 239 g/mol. The predicted octanol–water partition coefficient (Wildman–Crippen LogP) is 2.74. The predicted molar refractivity (Wildman–Crippen MR) is 64.5 cm³/mol. The summed E-state index contributed by atoms with van der Waals surface area (Å²) in [7, 11) is 1.73. The van der Waals surface area contributed by atoms with Crippen molar-refractivity contribution in [3.8, 4) is 5.75 Å². The lowest BCUT2D eigenvalue weighted by Crippen LogP contribution is -2.27. The molecular formula is C13H18FNO2. The largest absolute Gasteiger partial charge is 0.488 e. The fraction of sp³-hybridized carbons (Fsp3) is 0.538. The number of halogens is 1. The van der Waals surface area contributed by atoms with E-state index < -0.39 is 0 Å². The number of anilines is 1. The molecule has 0 atom stereocenters. The van der Waals surface area contributed by atoms with E-state index in [9.17, 15) is 4.39 Å².